The molecule has 0 amide bonds. The van der Waals surface area contributed by atoms with Gasteiger partial charge in [-0.15, -0.1) is 0 Å². The Morgan fingerprint density at radius 3 is 2.33 bits per heavy atom. The van der Waals surface area contributed by atoms with Crippen molar-refractivity contribution in [2.45, 2.75) is 31.2 Å². The van der Waals surface area contributed by atoms with Crippen LogP contribution < -0.4 is 11.1 Å². The molecule has 0 aliphatic heterocycles. The van der Waals surface area contributed by atoms with Crippen LogP contribution in [-0.2, 0) is 9.84 Å². The van der Waals surface area contributed by atoms with Crippen molar-refractivity contribution in [3.63, 3.8) is 0 Å². The molecular weight excluding hydrogens is 286 g/mol. The highest BCUT2D eigenvalue weighted by molar-refractivity contribution is 7.90. The van der Waals surface area contributed by atoms with Crippen LogP contribution in [0, 0.1) is 5.92 Å². The fraction of sp³-hybridized carbons (Fsp3) is 0.600. The minimum Gasteiger partial charge on any atom is -0.397 e. The summed E-state index contributed by atoms with van der Waals surface area (Å²) in [6.45, 7) is 5.26. The number of nitrogens with zero attached hydrogens (tertiary/aromatic N) is 1. The Morgan fingerprint density at radius 1 is 1.29 bits per heavy atom. The van der Waals surface area contributed by atoms with Crippen LogP contribution in [0.25, 0.3) is 0 Å². The summed E-state index contributed by atoms with van der Waals surface area (Å²) in [7, 11) is 0.841. The number of nitrogen functional groups attached to an aromatic ring is 1. The summed E-state index contributed by atoms with van der Waals surface area (Å²) in [4.78, 5) is 2.37. The van der Waals surface area contributed by atoms with Gasteiger partial charge in [0, 0.05) is 18.8 Å². The average Bonchev–Trinajstić information content (AvgIpc) is 2.28. The zero-order chi connectivity index (χ0) is 16.2. The Hall–Kier alpha value is -1.27. The van der Waals surface area contributed by atoms with E-state index >= 15 is 0 Å². The Labute approximate surface area is 128 Å². The second-order valence-electron chi connectivity index (χ2n) is 6.25. The largest absolute Gasteiger partial charge is 0.397 e. The quantitative estimate of drug-likeness (QED) is 0.754. The van der Waals surface area contributed by atoms with Crippen molar-refractivity contribution in [1.29, 1.82) is 0 Å². The zero-order valence-electron chi connectivity index (χ0n) is 13.6. The van der Waals surface area contributed by atoms with Gasteiger partial charge in [-0.25, -0.2) is 8.42 Å². The summed E-state index contributed by atoms with van der Waals surface area (Å²) in [6, 6.07) is 5.12. The van der Waals surface area contributed by atoms with E-state index < -0.39 is 9.84 Å². The number of anilines is 2. The lowest BCUT2D eigenvalue weighted by Crippen LogP contribution is -2.33. The van der Waals surface area contributed by atoms with Crippen LogP contribution in [0.15, 0.2) is 23.1 Å². The Balaban J connectivity index is 2.93. The molecule has 0 aliphatic rings. The van der Waals surface area contributed by atoms with Crippen LogP contribution in [0.2, 0.25) is 0 Å². The normalized spacial score (nSPS) is 13.7. The third-order valence-corrected chi connectivity index (χ3v) is 4.26. The first-order valence-electron chi connectivity index (χ1n) is 7.10. The van der Waals surface area contributed by atoms with Crippen molar-refractivity contribution in [2.75, 3.05) is 37.9 Å². The highest BCUT2D eigenvalue weighted by Gasteiger charge is 2.15. The van der Waals surface area contributed by atoms with Gasteiger partial charge in [-0.3, -0.25) is 0 Å². The molecule has 0 bridgehead atoms. The van der Waals surface area contributed by atoms with Crippen molar-refractivity contribution in [2.24, 2.45) is 5.92 Å². The highest BCUT2D eigenvalue weighted by atomic mass is 32.2. The molecule has 0 spiro atoms. The lowest BCUT2D eigenvalue weighted by atomic mass is 10.0. The number of hydrogen-bond donors (Lipinski definition) is 2. The number of nitrogens with two attached hydrogens (primary N) is 1. The molecule has 1 atom stereocenters. The molecule has 0 saturated carbocycles. The number of nitrogens with one attached hydrogen (secondary N) is 1. The fourth-order valence-electron chi connectivity index (χ4n) is 2.31. The Morgan fingerprint density at radius 2 is 1.90 bits per heavy atom. The van der Waals surface area contributed by atoms with E-state index in [0.717, 1.165) is 18.7 Å². The predicted octanol–water partition coefficient (Wildman–Crippen LogP) is 2.06. The maximum Gasteiger partial charge on any atom is 0.175 e. The van der Waals surface area contributed by atoms with Crippen molar-refractivity contribution >= 4 is 21.2 Å². The van der Waals surface area contributed by atoms with Gasteiger partial charge in [0.25, 0.3) is 0 Å². The number of rotatable bonds is 7. The Kier molecular flexibility index (Phi) is 6.04. The van der Waals surface area contributed by atoms with Crippen LogP contribution in [0.1, 0.15) is 20.3 Å². The summed E-state index contributed by atoms with van der Waals surface area (Å²) >= 11 is 0. The molecule has 120 valence electrons. The molecule has 0 radical (unpaired) electrons. The second-order valence-corrected chi connectivity index (χ2v) is 8.27. The molecule has 6 heteroatoms. The third-order valence-electron chi connectivity index (χ3n) is 3.15. The summed E-state index contributed by atoms with van der Waals surface area (Å²) < 4.78 is 23.1. The fourth-order valence-corrected chi connectivity index (χ4v) is 2.97. The molecule has 21 heavy (non-hydrogen) atoms. The van der Waals surface area contributed by atoms with E-state index in [1.807, 2.05) is 14.1 Å². The van der Waals surface area contributed by atoms with Crippen molar-refractivity contribution in [3.05, 3.63) is 18.2 Å². The number of benzene rings is 1. The smallest absolute Gasteiger partial charge is 0.175 e. The topological polar surface area (TPSA) is 75.4 Å². The van der Waals surface area contributed by atoms with E-state index in [9.17, 15) is 8.42 Å². The monoisotopic (exact) mass is 313 g/mol. The Bertz CT molecular complexity index is 558. The van der Waals surface area contributed by atoms with Crippen LogP contribution >= 0.6 is 0 Å². The van der Waals surface area contributed by atoms with E-state index in [0.29, 0.717) is 11.6 Å². The van der Waals surface area contributed by atoms with Gasteiger partial charge in [-0.2, -0.15) is 0 Å². The molecule has 0 saturated heterocycles. The van der Waals surface area contributed by atoms with Gasteiger partial charge in [0.1, 0.15) is 0 Å². The van der Waals surface area contributed by atoms with Gasteiger partial charge in [0.05, 0.1) is 16.3 Å². The summed E-state index contributed by atoms with van der Waals surface area (Å²) in [5, 5.41) is 3.43. The van der Waals surface area contributed by atoms with Gasteiger partial charge in [-0.1, -0.05) is 13.8 Å². The van der Waals surface area contributed by atoms with Crippen molar-refractivity contribution < 1.29 is 8.42 Å². The van der Waals surface area contributed by atoms with Gasteiger partial charge in [0.2, 0.25) is 0 Å². The number of sulfone groups is 1. The highest BCUT2D eigenvalue weighted by Crippen LogP contribution is 2.24. The van der Waals surface area contributed by atoms with Gasteiger partial charge in [-0.05, 0) is 44.6 Å². The molecule has 1 unspecified atom stereocenters. The first-order valence-corrected chi connectivity index (χ1v) is 8.99. The van der Waals surface area contributed by atoms with E-state index in [2.05, 4.69) is 24.1 Å². The summed E-state index contributed by atoms with van der Waals surface area (Å²) in [5.41, 5.74) is 7.24. The van der Waals surface area contributed by atoms with Crippen molar-refractivity contribution in [1.82, 2.24) is 4.90 Å². The van der Waals surface area contributed by atoms with E-state index in [1.165, 1.54) is 12.3 Å². The van der Waals surface area contributed by atoms with Gasteiger partial charge >= 0.3 is 0 Å². The van der Waals surface area contributed by atoms with E-state index in [-0.39, 0.29) is 10.9 Å². The van der Waals surface area contributed by atoms with Gasteiger partial charge < -0.3 is 16.0 Å². The molecule has 1 aromatic rings. The SMILES string of the molecule is CC(C)CC(CN(C)C)Nc1ccc(S(C)(=O)=O)cc1N. The molecular formula is C15H27N3O2S. The maximum atomic E-state index is 11.5. The molecule has 3 N–H and O–H groups in total. The molecule has 0 aliphatic carbocycles. The molecule has 0 aromatic heterocycles. The molecule has 1 rings (SSSR count). The average molecular weight is 313 g/mol. The van der Waals surface area contributed by atoms with Gasteiger partial charge in [0.15, 0.2) is 9.84 Å². The number of hydrogen-bond acceptors (Lipinski definition) is 5. The molecule has 0 fully saturated rings. The summed E-state index contributed by atoms with van der Waals surface area (Å²) in [6.07, 6.45) is 2.20. The van der Waals surface area contributed by atoms with E-state index in [1.54, 1.807) is 12.1 Å². The first kappa shape index (κ1) is 17.8. The molecule has 1 aromatic carbocycles. The standard InChI is InChI=1S/C15H27N3O2S/c1-11(2)8-12(10-18(3)4)17-15-7-6-13(9-14(15)16)21(5,19)20/h6-7,9,11-12,17H,8,10,16H2,1-5H3. The minimum absolute atomic E-state index is 0.249. The second kappa shape index (κ2) is 7.13. The van der Waals surface area contributed by atoms with Crippen LogP contribution in [0.3, 0.4) is 0 Å². The first-order chi connectivity index (χ1) is 9.59. The maximum absolute atomic E-state index is 11.5. The zero-order valence-corrected chi connectivity index (χ0v) is 14.4. The molecule has 5 nitrogen and oxygen atoms in total. The lowest BCUT2D eigenvalue weighted by Gasteiger charge is -2.25. The van der Waals surface area contributed by atoms with Crippen LogP contribution in [-0.4, -0.2) is 46.3 Å². The minimum atomic E-state index is -3.22. The third kappa shape index (κ3) is 5.93. The lowest BCUT2D eigenvalue weighted by molar-refractivity contribution is 0.356. The number of likely N-dealkylation sites (N-methyl/N-ethyl adjacent to an activating group) is 1. The van der Waals surface area contributed by atoms with E-state index in [4.69, 9.17) is 5.73 Å². The molecule has 0 heterocycles. The van der Waals surface area contributed by atoms with Crippen LogP contribution in [0.4, 0.5) is 11.4 Å². The summed E-state index contributed by atoms with van der Waals surface area (Å²) in [5.74, 6) is 0.568. The van der Waals surface area contributed by atoms with Crippen molar-refractivity contribution in [3.8, 4) is 0 Å². The predicted molar refractivity (Wildman–Crippen MR) is 89.4 cm³/mol. The van der Waals surface area contributed by atoms with Crippen LogP contribution in [0.5, 0.6) is 0 Å².